The smallest absolute Gasteiger partial charge is 0.214 e. The summed E-state index contributed by atoms with van der Waals surface area (Å²) in [6, 6.07) is 7.67. The first-order valence-electron chi connectivity index (χ1n) is 6.96. The van der Waals surface area contributed by atoms with E-state index in [0.717, 1.165) is 24.2 Å². The molecule has 1 aromatic carbocycles. The SMILES string of the molecule is CCCCOc1cccc(-c2c(N(C)C)oc(Br)c2O)c1. The summed E-state index contributed by atoms with van der Waals surface area (Å²) >= 11 is 3.23. The normalized spacial score (nSPS) is 10.7. The number of hydrogen-bond donors (Lipinski definition) is 1. The maximum atomic E-state index is 10.2. The molecule has 1 N–H and O–H groups in total. The van der Waals surface area contributed by atoms with Gasteiger partial charge >= 0.3 is 0 Å². The monoisotopic (exact) mass is 353 g/mol. The van der Waals surface area contributed by atoms with Crippen LogP contribution in [0.4, 0.5) is 5.88 Å². The van der Waals surface area contributed by atoms with Gasteiger partial charge in [0.25, 0.3) is 0 Å². The molecule has 21 heavy (non-hydrogen) atoms. The van der Waals surface area contributed by atoms with Crippen LogP contribution in [0.5, 0.6) is 11.5 Å². The second kappa shape index (κ2) is 6.89. The van der Waals surface area contributed by atoms with Crippen molar-refractivity contribution in [3.63, 3.8) is 0 Å². The van der Waals surface area contributed by atoms with Gasteiger partial charge in [-0.3, -0.25) is 0 Å². The number of halogens is 1. The summed E-state index contributed by atoms with van der Waals surface area (Å²) in [7, 11) is 3.74. The van der Waals surface area contributed by atoms with Crippen molar-refractivity contribution in [1.29, 1.82) is 0 Å². The van der Waals surface area contributed by atoms with Crippen LogP contribution in [0.25, 0.3) is 11.1 Å². The Hall–Kier alpha value is -1.62. The number of unbranched alkanes of at least 4 members (excludes halogenated alkanes) is 1. The van der Waals surface area contributed by atoms with Gasteiger partial charge in [-0.25, -0.2) is 0 Å². The van der Waals surface area contributed by atoms with Crippen molar-refractivity contribution in [3.8, 4) is 22.6 Å². The van der Waals surface area contributed by atoms with E-state index < -0.39 is 0 Å². The molecule has 2 rings (SSSR count). The van der Waals surface area contributed by atoms with Crippen LogP contribution in [-0.2, 0) is 0 Å². The molecule has 0 saturated heterocycles. The summed E-state index contributed by atoms with van der Waals surface area (Å²) < 4.78 is 11.6. The predicted octanol–water partition coefficient (Wildman–Crippen LogP) is 4.66. The standard InChI is InChI=1S/C16H20BrNO3/c1-4-5-9-20-12-8-6-7-11(10-12)13-14(19)15(17)21-16(13)18(2)3/h6-8,10,19H,4-5,9H2,1-3H3. The van der Waals surface area contributed by atoms with Crippen molar-refractivity contribution in [3.05, 3.63) is 28.9 Å². The van der Waals surface area contributed by atoms with Gasteiger partial charge < -0.3 is 19.2 Å². The Morgan fingerprint density at radius 3 is 2.76 bits per heavy atom. The summed E-state index contributed by atoms with van der Waals surface area (Å²) in [4.78, 5) is 1.82. The van der Waals surface area contributed by atoms with Crippen LogP contribution in [0, 0.1) is 0 Å². The second-order valence-electron chi connectivity index (χ2n) is 5.03. The highest BCUT2D eigenvalue weighted by molar-refractivity contribution is 9.10. The Balaban J connectivity index is 2.36. The molecule has 0 aliphatic carbocycles. The largest absolute Gasteiger partial charge is 0.503 e. The zero-order valence-electron chi connectivity index (χ0n) is 12.5. The van der Waals surface area contributed by atoms with Gasteiger partial charge in [0.05, 0.1) is 12.2 Å². The Morgan fingerprint density at radius 1 is 1.33 bits per heavy atom. The number of ether oxygens (including phenoxy) is 1. The van der Waals surface area contributed by atoms with Gasteiger partial charge in [-0.05, 0) is 40.0 Å². The summed E-state index contributed by atoms with van der Waals surface area (Å²) in [6.07, 6.45) is 2.12. The third kappa shape index (κ3) is 3.53. The maximum absolute atomic E-state index is 10.2. The van der Waals surface area contributed by atoms with Crippen molar-refractivity contribution >= 4 is 21.8 Å². The van der Waals surface area contributed by atoms with E-state index in [1.807, 2.05) is 43.3 Å². The van der Waals surface area contributed by atoms with Crippen LogP contribution in [0.1, 0.15) is 19.8 Å². The van der Waals surface area contributed by atoms with Crippen molar-refractivity contribution in [2.24, 2.45) is 0 Å². The van der Waals surface area contributed by atoms with E-state index in [2.05, 4.69) is 22.9 Å². The third-order valence-electron chi connectivity index (χ3n) is 3.12. The number of furan rings is 1. The average Bonchev–Trinajstić information content (AvgIpc) is 2.76. The van der Waals surface area contributed by atoms with Gasteiger partial charge in [0.15, 0.2) is 5.75 Å². The highest BCUT2D eigenvalue weighted by Crippen LogP contribution is 2.45. The highest BCUT2D eigenvalue weighted by atomic mass is 79.9. The van der Waals surface area contributed by atoms with Crippen LogP contribution < -0.4 is 9.64 Å². The first kappa shape index (κ1) is 15.8. The van der Waals surface area contributed by atoms with Crippen LogP contribution >= 0.6 is 15.9 Å². The molecule has 0 aliphatic rings. The Kier molecular flexibility index (Phi) is 5.17. The van der Waals surface area contributed by atoms with Crippen molar-refractivity contribution in [1.82, 2.24) is 0 Å². The van der Waals surface area contributed by atoms with Gasteiger partial charge in [-0.15, -0.1) is 0 Å². The van der Waals surface area contributed by atoms with E-state index in [1.165, 1.54) is 0 Å². The Bertz CT molecular complexity index is 608. The van der Waals surface area contributed by atoms with Crippen LogP contribution in [0.2, 0.25) is 0 Å². The fourth-order valence-electron chi connectivity index (χ4n) is 2.03. The van der Waals surface area contributed by atoms with E-state index in [-0.39, 0.29) is 5.75 Å². The molecule has 0 atom stereocenters. The minimum absolute atomic E-state index is 0.101. The first-order valence-corrected chi connectivity index (χ1v) is 7.75. The van der Waals surface area contributed by atoms with E-state index in [9.17, 15) is 5.11 Å². The molecule has 0 aliphatic heterocycles. The number of nitrogens with zero attached hydrogens (tertiary/aromatic N) is 1. The molecular formula is C16H20BrNO3. The van der Waals surface area contributed by atoms with Crippen LogP contribution in [0.15, 0.2) is 33.4 Å². The molecule has 0 fully saturated rings. The summed E-state index contributed by atoms with van der Waals surface area (Å²) in [5.41, 5.74) is 1.52. The zero-order chi connectivity index (χ0) is 15.4. The number of anilines is 1. The van der Waals surface area contributed by atoms with Crippen molar-refractivity contribution in [2.45, 2.75) is 19.8 Å². The summed E-state index contributed by atoms with van der Waals surface area (Å²) in [5, 5.41) is 10.2. The summed E-state index contributed by atoms with van der Waals surface area (Å²) in [6.45, 7) is 2.83. The van der Waals surface area contributed by atoms with E-state index in [4.69, 9.17) is 9.15 Å². The first-order chi connectivity index (χ1) is 10.0. The van der Waals surface area contributed by atoms with Gasteiger partial charge in [0.1, 0.15) is 5.75 Å². The lowest BCUT2D eigenvalue weighted by Crippen LogP contribution is -2.08. The Morgan fingerprint density at radius 2 is 2.10 bits per heavy atom. The number of rotatable bonds is 6. The molecule has 0 unspecified atom stereocenters. The molecule has 5 heteroatoms. The van der Waals surface area contributed by atoms with Gasteiger partial charge in [-0.2, -0.15) is 0 Å². The van der Waals surface area contributed by atoms with Gasteiger partial charge in [0, 0.05) is 14.1 Å². The molecule has 1 aromatic heterocycles. The number of aromatic hydroxyl groups is 1. The zero-order valence-corrected chi connectivity index (χ0v) is 14.1. The Labute approximate surface area is 133 Å². The predicted molar refractivity (Wildman–Crippen MR) is 88.2 cm³/mol. The highest BCUT2D eigenvalue weighted by Gasteiger charge is 2.21. The van der Waals surface area contributed by atoms with E-state index in [1.54, 1.807) is 0 Å². The molecule has 0 spiro atoms. The fourth-order valence-corrected chi connectivity index (χ4v) is 2.39. The molecular weight excluding hydrogens is 334 g/mol. The lowest BCUT2D eigenvalue weighted by Gasteiger charge is -2.12. The molecule has 114 valence electrons. The molecule has 0 bridgehead atoms. The molecule has 4 nitrogen and oxygen atoms in total. The maximum Gasteiger partial charge on any atom is 0.214 e. The molecule has 1 heterocycles. The molecule has 0 saturated carbocycles. The van der Waals surface area contributed by atoms with Crippen LogP contribution in [-0.4, -0.2) is 25.8 Å². The molecule has 2 aromatic rings. The second-order valence-corrected chi connectivity index (χ2v) is 5.75. The van der Waals surface area contributed by atoms with Crippen molar-refractivity contribution in [2.75, 3.05) is 25.6 Å². The van der Waals surface area contributed by atoms with Crippen LogP contribution in [0.3, 0.4) is 0 Å². The minimum Gasteiger partial charge on any atom is -0.503 e. The summed E-state index contributed by atoms with van der Waals surface area (Å²) in [5.74, 6) is 1.50. The fraction of sp³-hybridized carbons (Fsp3) is 0.375. The molecule has 0 amide bonds. The minimum atomic E-state index is 0.101. The lowest BCUT2D eigenvalue weighted by molar-refractivity contribution is 0.309. The topological polar surface area (TPSA) is 45.8 Å². The van der Waals surface area contributed by atoms with Crippen molar-refractivity contribution < 1.29 is 14.3 Å². The van der Waals surface area contributed by atoms with E-state index in [0.29, 0.717) is 22.7 Å². The molecule has 0 radical (unpaired) electrons. The van der Waals surface area contributed by atoms with Gasteiger partial charge in [-0.1, -0.05) is 25.5 Å². The lowest BCUT2D eigenvalue weighted by atomic mass is 10.1. The quantitative estimate of drug-likeness (QED) is 0.767. The van der Waals surface area contributed by atoms with E-state index >= 15 is 0 Å². The third-order valence-corrected chi connectivity index (χ3v) is 3.66. The number of hydrogen-bond acceptors (Lipinski definition) is 4. The number of benzene rings is 1. The van der Waals surface area contributed by atoms with Gasteiger partial charge in [0.2, 0.25) is 10.6 Å². The average molecular weight is 354 g/mol.